The summed E-state index contributed by atoms with van der Waals surface area (Å²) in [6.45, 7) is 4.29. The van der Waals surface area contributed by atoms with Gasteiger partial charge in [-0.25, -0.2) is 0 Å². The number of hydrogen-bond acceptors (Lipinski definition) is 2. The molecule has 0 saturated heterocycles. The van der Waals surface area contributed by atoms with Crippen molar-refractivity contribution in [3.8, 4) is 0 Å². The van der Waals surface area contributed by atoms with Crippen molar-refractivity contribution < 1.29 is 4.74 Å². The van der Waals surface area contributed by atoms with Gasteiger partial charge in [-0.2, -0.15) is 12.6 Å². The van der Waals surface area contributed by atoms with Crippen LogP contribution < -0.4 is 0 Å². The van der Waals surface area contributed by atoms with Crippen molar-refractivity contribution in [2.45, 2.75) is 219 Å². The molecule has 0 aliphatic heterocycles. The molecule has 0 unspecified atom stereocenters. The maximum Gasteiger partial charge on any atom is 0.0466 e. The summed E-state index contributed by atoms with van der Waals surface area (Å²) in [4.78, 5) is 0. The van der Waals surface area contributed by atoms with Crippen molar-refractivity contribution in [3.63, 3.8) is 0 Å². The van der Waals surface area contributed by atoms with Gasteiger partial charge in [0.15, 0.2) is 0 Å². The summed E-state index contributed by atoms with van der Waals surface area (Å²) in [6, 6.07) is 0. The van der Waals surface area contributed by atoms with E-state index < -0.39 is 0 Å². The van der Waals surface area contributed by atoms with Crippen LogP contribution in [0.3, 0.4) is 0 Å². The van der Waals surface area contributed by atoms with Crippen LogP contribution in [0.25, 0.3) is 0 Å². The Morgan fingerprint density at radius 3 is 0.718 bits per heavy atom. The lowest BCUT2D eigenvalue weighted by atomic mass is 10.0. The summed E-state index contributed by atoms with van der Waals surface area (Å²) in [7, 11) is 0. The van der Waals surface area contributed by atoms with E-state index in [1.807, 2.05) is 0 Å². The topological polar surface area (TPSA) is 9.23 Å². The summed E-state index contributed by atoms with van der Waals surface area (Å²) < 4.78 is 5.88. The molecule has 0 fully saturated rings. The maximum absolute atomic E-state index is 5.88. The zero-order valence-electron chi connectivity index (χ0n) is 27.3. The smallest absolute Gasteiger partial charge is 0.0466 e. The third kappa shape index (κ3) is 38.3. The molecule has 1 nitrogen and oxygen atoms in total. The number of unbranched alkanes of at least 4 members (excludes halogenated alkanes) is 31. The summed E-state index contributed by atoms with van der Waals surface area (Å²) >= 11 is 4.28. The molecule has 0 aromatic rings. The Balaban J connectivity index is 3.01. The number of ether oxygens (including phenoxy) is 1. The largest absolute Gasteiger partial charge is 0.381 e. The number of thiol groups is 1. The summed E-state index contributed by atoms with van der Waals surface area (Å²) in [5.41, 5.74) is 0. The molecule has 0 spiro atoms. The predicted molar refractivity (Wildman–Crippen MR) is 183 cm³/mol. The Bertz CT molecular complexity index is 363. The standard InChI is InChI=1S/C37H76OS/c1-2-3-4-5-6-7-8-9-10-14-17-20-23-26-29-32-35-38-36-33-30-27-24-21-18-15-12-11-13-16-19-22-25-28-31-34-37-39/h39H,2-37H2,1H3. The SMILES string of the molecule is CCCCCCCCCCCCCCCCCCOCCCCCCCCCCCCCCCCCCCS. The summed E-state index contributed by atoms with van der Waals surface area (Å²) in [5, 5.41) is 0. The van der Waals surface area contributed by atoms with E-state index in [4.69, 9.17) is 4.74 Å². The minimum absolute atomic E-state index is 0.994. The van der Waals surface area contributed by atoms with E-state index in [0.717, 1.165) is 19.0 Å². The average Bonchev–Trinajstić information content (AvgIpc) is 2.95. The monoisotopic (exact) mass is 569 g/mol. The highest BCUT2D eigenvalue weighted by Gasteiger charge is 1.97. The van der Waals surface area contributed by atoms with Gasteiger partial charge in [0.25, 0.3) is 0 Å². The molecule has 0 rings (SSSR count). The third-order valence-electron chi connectivity index (χ3n) is 8.59. The molecule has 0 amide bonds. The summed E-state index contributed by atoms with van der Waals surface area (Å²) in [5.74, 6) is 1.06. The second-order valence-electron chi connectivity index (χ2n) is 12.6. The van der Waals surface area contributed by atoms with Crippen LogP contribution in [0.1, 0.15) is 219 Å². The molecule has 0 bridgehead atoms. The van der Waals surface area contributed by atoms with E-state index in [1.54, 1.807) is 0 Å². The second kappa shape index (κ2) is 38.3. The van der Waals surface area contributed by atoms with Gasteiger partial charge in [0.1, 0.15) is 0 Å². The lowest BCUT2D eigenvalue weighted by Crippen LogP contribution is -1.97. The molecule has 0 aliphatic carbocycles. The molecule has 0 N–H and O–H groups in total. The Hall–Kier alpha value is 0.310. The van der Waals surface area contributed by atoms with Gasteiger partial charge in [-0.05, 0) is 25.0 Å². The molecule has 0 atom stereocenters. The maximum atomic E-state index is 5.88. The van der Waals surface area contributed by atoms with E-state index in [-0.39, 0.29) is 0 Å². The highest BCUT2D eigenvalue weighted by Crippen LogP contribution is 2.15. The fourth-order valence-corrected chi connectivity index (χ4v) is 6.05. The Labute approximate surface area is 254 Å². The fourth-order valence-electron chi connectivity index (χ4n) is 5.82. The van der Waals surface area contributed by atoms with E-state index in [0.29, 0.717) is 0 Å². The lowest BCUT2D eigenvalue weighted by molar-refractivity contribution is 0.125. The van der Waals surface area contributed by atoms with Gasteiger partial charge >= 0.3 is 0 Å². The zero-order valence-corrected chi connectivity index (χ0v) is 28.2. The Morgan fingerprint density at radius 2 is 0.487 bits per heavy atom. The summed E-state index contributed by atoms with van der Waals surface area (Å²) in [6.07, 6.45) is 47.2. The van der Waals surface area contributed by atoms with E-state index in [2.05, 4.69) is 19.6 Å². The van der Waals surface area contributed by atoms with Crippen LogP contribution in [0.5, 0.6) is 0 Å². The van der Waals surface area contributed by atoms with Gasteiger partial charge in [0.05, 0.1) is 0 Å². The predicted octanol–water partition coefficient (Wildman–Crippen LogP) is 13.8. The zero-order chi connectivity index (χ0) is 28.2. The quantitative estimate of drug-likeness (QED) is 0.0584. The average molecular weight is 569 g/mol. The highest BCUT2D eigenvalue weighted by molar-refractivity contribution is 7.80. The van der Waals surface area contributed by atoms with Crippen molar-refractivity contribution in [2.75, 3.05) is 19.0 Å². The minimum Gasteiger partial charge on any atom is -0.381 e. The molecule has 0 heterocycles. The van der Waals surface area contributed by atoms with E-state index >= 15 is 0 Å². The normalized spacial score (nSPS) is 11.5. The fraction of sp³-hybridized carbons (Fsp3) is 1.00. The van der Waals surface area contributed by atoms with Crippen LogP contribution in [0.15, 0.2) is 0 Å². The number of rotatable bonds is 36. The molecule has 0 saturated carbocycles. The first-order valence-electron chi connectivity index (χ1n) is 18.6. The first-order valence-corrected chi connectivity index (χ1v) is 19.2. The van der Waals surface area contributed by atoms with Crippen LogP contribution in [0.4, 0.5) is 0 Å². The molecule has 0 aromatic heterocycles. The van der Waals surface area contributed by atoms with Crippen molar-refractivity contribution in [1.82, 2.24) is 0 Å². The Kier molecular flexibility index (Phi) is 38.6. The Morgan fingerprint density at radius 1 is 0.282 bits per heavy atom. The molecular weight excluding hydrogens is 492 g/mol. The van der Waals surface area contributed by atoms with Crippen LogP contribution in [-0.4, -0.2) is 19.0 Å². The van der Waals surface area contributed by atoms with Crippen molar-refractivity contribution >= 4 is 12.6 Å². The second-order valence-corrected chi connectivity index (χ2v) is 13.1. The molecule has 0 aromatic carbocycles. The number of hydrogen-bond donors (Lipinski definition) is 1. The van der Waals surface area contributed by atoms with E-state index in [1.165, 1.54) is 212 Å². The minimum atomic E-state index is 0.994. The van der Waals surface area contributed by atoms with Gasteiger partial charge in [0, 0.05) is 13.2 Å². The molecule has 0 radical (unpaired) electrons. The molecular formula is C37H76OS. The van der Waals surface area contributed by atoms with Crippen molar-refractivity contribution in [3.05, 3.63) is 0 Å². The molecule has 236 valence electrons. The van der Waals surface area contributed by atoms with Crippen LogP contribution in [-0.2, 0) is 4.74 Å². The van der Waals surface area contributed by atoms with Crippen LogP contribution >= 0.6 is 12.6 Å². The van der Waals surface area contributed by atoms with Crippen LogP contribution in [0, 0.1) is 0 Å². The first kappa shape index (κ1) is 39.3. The first-order chi connectivity index (χ1) is 19.4. The van der Waals surface area contributed by atoms with Crippen LogP contribution in [0.2, 0.25) is 0 Å². The van der Waals surface area contributed by atoms with E-state index in [9.17, 15) is 0 Å². The molecule has 2 heteroatoms. The van der Waals surface area contributed by atoms with Gasteiger partial charge in [-0.3, -0.25) is 0 Å². The van der Waals surface area contributed by atoms with Gasteiger partial charge in [-0.15, -0.1) is 0 Å². The molecule has 39 heavy (non-hydrogen) atoms. The van der Waals surface area contributed by atoms with Gasteiger partial charge < -0.3 is 4.74 Å². The lowest BCUT2D eigenvalue weighted by Gasteiger charge is -2.06. The third-order valence-corrected chi connectivity index (χ3v) is 8.91. The highest BCUT2D eigenvalue weighted by atomic mass is 32.1. The van der Waals surface area contributed by atoms with Gasteiger partial charge in [-0.1, -0.05) is 200 Å². The van der Waals surface area contributed by atoms with Gasteiger partial charge in [0.2, 0.25) is 0 Å². The molecule has 0 aliphatic rings. The van der Waals surface area contributed by atoms with Crippen molar-refractivity contribution in [1.29, 1.82) is 0 Å². The van der Waals surface area contributed by atoms with Crippen molar-refractivity contribution in [2.24, 2.45) is 0 Å².